The summed E-state index contributed by atoms with van der Waals surface area (Å²) in [5.41, 5.74) is 1.43. The van der Waals surface area contributed by atoms with E-state index in [4.69, 9.17) is 9.52 Å². The third-order valence-corrected chi connectivity index (χ3v) is 3.24. The van der Waals surface area contributed by atoms with Gasteiger partial charge in [-0.3, -0.25) is 4.79 Å². The normalized spacial score (nSPS) is 12.5. The van der Waals surface area contributed by atoms with Crippen LogP contribution in [-0.2, 0) is 16.0 Å². The quantitative estimate of drug-likeness (QED) is 0.819. The van der Waals surface area contributed by atoms with Gasteiger partial charge in [0.25, 0.3) is 0 Å². The SMILES string of the molecule is CC(C)CC(NC(=O)CCc1nc2ccccc2o1)C(=O)O. The smallest absolute Gasteiger partial charge is 0.326 e. The number of rotatable bonds is 7. The van der Waals surface area contributed by atoms with Gasteiger partial charge in [0.1, 0.15) is 11.6 Å². The lowest BCUT2D eigenvalue weighted by molar-refractivity contribution is -0.142. The Balaban J connectivity index is 1.90. The van der Waals surface area contributed by atoms with Gasteiger partial charge in [-0.2, -0.15) is 0 Å². The van der Waals surface area contributed by atoms with E-state index < -0.39 is 12.0 Å². The summed E-state index contributed by atoms with van der Waals surface area (Å²) in [4.78, 5) is 27.3. The molecule has 1 heterocycles. The third kappa shape index (κ3) is 4.31. The molecule has 0 radical (unpaired) electrons. The summed E-state index contributed by atoms with van der Waals surface area (Å²) in [5, 5.41) is 11.6. The van der Waals surface area contributed by atoms with Gasteiger partial charge >= 0.3 is 5.97 Å². The van der Waals surface area contributed by atoms with Gasteiger partial charge in [-0.05, 0) is 24.5 Å². The molecule has 0 aliphatic heterocycles. The summed E-state index contributed by atoms with van der Waals surface area (Å²) in [7, 11) is 0. The van der Waals surface area contributed by atoms with Gasteiger partial charge < -0.3 is 14.8 Å². The van der Waals surface area contributed by atoms with E-state index in [2.05, 4.69) is 10.3 Å². The van der Waals surface area contributed by atoms with E-state index in [1.165, 1.54) is 0 Å². The molecule has 6 nitrogen and oxygen atoms in total. The Labute approximate surface area is 128 Å². The van der Waals surface area contributed by atoms with Crippen molar-refractivity contribution < 1.29 is 19.1 Å². The van der Waals surface area contributed by atoms with Crippen LogP contribution >= 0.6 is 0 Å². The van der Waals surface area contributed by atoms with Gasteiger partial charge in [-0.1, -0.05) is 26.0 Å². The number of oxazole rings is 1. The summed E-state index contributed by atoms with van der Waals surface area (Å²) in [6.07, 6.45) is 0.896. The van der Waals surface area contributed by atoms with Crippen LogP contribution in [0.2, 0.25) is 0 Å². The number of aliphatic carboxylic acids is 1. The predicted octanol–water partition coefficient (Wildman–Crippen LogP) is 2.38. The van der Waals surface area contributed by atoms with Crippen LogP contribution in [0.5, 0.6) is 0 Å². The Morgan fingerprint density at radius 3 is 2.68 bits per heavy atom. The molecule has 2 N–H and O–H groups in total. The summed E-state index contributed by atoms with van der Waals surface area (Å²) in [6.45, 7) is 3.83. The van der Waals surface area contributed by atoms with Crippen molar-refractivity contribution in [1.29, 1.82) is 0 Å². The largest absolute Gasteiger partial charge is 0.480 e. The fourth-order valence-electron chi connectivity index (χ4n) is 2.21. The van der Waals surface area contributed by atoms with Crippen molar-refractivity contribution in [3.8, 4) is 0 Å². The highest BCUT2D eigenvalue weighted by Crippen LogP contribution is 2.15. The molecule has 1 aromatic heterocycles. The maximum atomic E-state index is 11.9. The number of hydrogen-bond acceptors (Lipinski definition) is 4. The van der Waals surface area contributed by atoms with Crippen molar-refractivity contribution in [3.05, 3.63) is 30.2 Å². The number of amides is 1. The third-order valence-electron chi connectivity index (χ3n) is 3.24. The number of fused-ring (bicyclic) bond motifs is 1. The minimum atomic E-state index is -1.01. The van der Waals surface area contributed by atoms with Crippen molar-refractivity contribution in [3.63, 3.8) is 0 Å². The molecule has 0 spiro atoms. The molecule has 22 heavy (non-hydrogen) atoms. The number of aromatic nitrogens is 1. The molecule has 0 aliphatic carbocycles. The van der Waals surface area contributed by atoms with Crippen molar-refractivity contribution >= 4 is 23.0 Å². The summed E-state index contributed by atoms with van der Waals surface area (Å²) in [6, 6.07) is 6.52. The monoisotopic (exact) mass is 304 g/mol. The van der Waals surface area contributed by atoms with Gasteiger partial charge in [-0.15, -0.1) is 0 Å². The second-order valence-electron chi connectivity index (χ2n) is 5.66. The zero-order chi connectivity index (χ0) is 16.1. The van der Waals surface area contributed by atoms with E-state index >= 15 is 0 Å². The molecular formula is C16H20N2O4. The standard InChI is InChI=1S/C16H20N2O4/c1-10(2)9-12(16(20)21)17-14(19)7-8-15-18-11-5-3-4-6-13(11)22-15/h3-6,10,12H,7-9H2,1-2H3,(H,17,19)(H,20,21). The lowest BCUT2D eigenvalue weighted by atomic mass is 10.0. The maximum absolute atomic E-state index is 11.9. The number of para-hydroxylation sites is 2. The molecule has 6 heteroatoms. The maximum Gasteiger partial charge on any atom is 0.326 e. The van der Waals surface area contributed by atoms with Crippen molar-refractivity contribution in [1.82, 2.24) is 10.3 Å². The number of nitrogens with zero attached hydrogens (tertiary/aromatic N) is 1. The molecule has 0 bridgehead atoms. The topological polar surface area (TPSA) is 92.4 Å². The van der Waals surface area contributed by atoms with Crippen LogP contribution in [0.3, 0.4) is 0 Å². The molecule has 1 unspecified atom stereocenters. The molecule has 1 amide bonds. The summed E-state index contributed by atoms with van der Waals surface area (Å²) >= 11 is 0. The molecule has 0 saturated carbocycles. The molecule has 2 rings (SSSR count). The molecule has 1 aromatic carbocycles. The number of benzene rings is 1. The first-order chi connectivity index (χ1) is 10.5. The Morgan fingerprint density at radius 1 is 1.32 bits per heavy atom. The van der Waals surface area contributed by atoms with Gasteiger partial charge in [-0.25, -0.2) is 9.78 Å². The Kier molecular flexibility index (Phi) is 5.14. The zero-order valence-corrected chi connectivity index (χ0v) is 12.7. The second kappa shape index (κ2) is 7.06. The first kappa shape index (κ1) is 16.0. The molecule has 1 atom stereocenters. The number of carbonyl (C=O) groups is 2. The minimum absolute atomic E-state index is 0.148. The van der Waals surface area contributed by atoms with Crippen molar-refractivity contribution in [2.75, 3.05) is 0 Å². The Hall–Kier alpha value is -2.37. The number of carbonyl (C=O) groups excluding carboxylic acids is 1. The highest BCUT2D eigenvalue weighted by molar-refractivity contribution is 5.83. The Bertz CT molecular complexity index is 630. The Morgan fingerprint density at radius 2 is 2.05 bits per heavy atom. The summed E-state index contributed by atoms with van der Waals surface area (Å²) in [5.74, 6) is -0.648. The zero-order valence-electron chi connectivity index (χ0n) is 12.7. The molecule has 118 valence electrons. The minimum Gasteiger partial charge on any atom is -0.480 e. The van der Waals surface area contributed by atoms with Crippen molar-refractivity contribution in [2.45, 2.75) is 39.2 Å². The molecule has 2 aromatic rings. The van der Waals surface area contributed by atoms with E-state index in [1.807, 2.05) is 38.1 Å². The van der Waals surface area contributed by atoms with Crippen LogP contribution in [-0.4, -0.2) is 28.0 Å². The number of hydrogen-bond donors (Lipinski definition) is 2. The lowest BCUT2D eigenvalue weighted by Crippen LogP contribution is -2.41. The number of nitrogens with one attached hydrogen (secondary N) is 1. The number of aryl methyl sites for hydroxylation is 1. The van der Waals surface area contributed by atoms with E-state index in [9.17, 15) is 9.59 Å². The first-order valence-electron chi connectivity index (χ1n) is 7.32. The highest BCUT2D eigenvalue weighted by atomic mass is 16.4. The van der Waals surface area contributed by atoms with E-state index in [1.54, 1.807) is 0 Å². The number of carboxylic acids is 1. The van der Waals surface area contributed by atoms with Crippen LogP contribution in [0.15, 0.2) is 28.7 Å². The summed E-state index contributed by atoms with van der Waals surface area (Å²) < 4.78 is 5.53. The molecule has 0 aliphatic rings. The second-order valence-corrected chi connectivity index (χ2v) is 5.66. The average molecular weight is 304 g/mol. The van der Waals surface area contributed by atoms with Crippen LogP contribution < -0.4 is 5.32 Å². The van der Waals surface area contributed by atoms with Crippen LogP contribution in [0.1, 0.15) is 32.6 Å². The number of carboxylic acid groups (broad SMARTS) is 1. The van der Waals surface area contributed by atoms with Gasteiger partial charge in [0, 0.05) is 12.8 Å². The van der Waals surface area contributed by atoms with E-state index in [0.29, 0.717) is 24.3 Å². The van der Waals surface area contributed by atoms with Crippen LogP contribution in [0.25, 0.3) is 11.1 Å². The predicted molar refractivity (Wildman–Crippen MR) is 81.4 cm³/mol. The fourth-order valence-corrected chi connectivity index (χ4v) is 2.21. The van der Waals surface area contributed by atoms with E-state index in [0.717, 1.165) is 5.52 Å². The fraction of sp³-hybridized carbons (Fsp3) is 0.438. The van der Waals surface area contributed by atoms with Crippen molar-refractivity contribution in [2.24, 2.45) is 5.92 Å². The highest BCUT2D eigenvalue weighted by Gasteiger charge is 2.21. The van der Waals surface area contributed by atoms with Gasteiger partial charge in [0.2, 0.25) is 5.91 Å². The van der Waals surface area contributed by atoms with Crippen LogP contribution in [0, 0.1) is 5.92 Å². The van der Waals surface area contributed by atoms with Gasteiger partial charge in [0.05, 0.1) is 0 Å². The molecule has 0 fully saturated rings. The average Bonchev–Trinajstić information content (AvgIpc) is 2.86. The lowest BCUT2D eigenvalue weighted by Gasteiger charge is -2.16. The molecular weight excluding hydrogens is 284 g/mol. The van der Waals surface area contributed by atoms with Gasteiger partial charge in [0.15, 0.2) is 11.5 Å². The first-order valence-corrected chi connectivity index (χ1v) is 7.32. The van der Waals surface area contributed by atoms with E-state index in [-0.39, 0.29) is 18.2 Å². The molecule has 0 saturated heterocycles. The van der Waals surface area contributed by atoms with Crippen LogP contribution in [0.4, 0.5) is 0 Å².